The van der Waals surface area contributed by atoms with Gasteiger partial charge < -0.3 is 10.1 Å². The van der Waals surface area contributed by atoms with E-state index in [2.05, 4.69) is 42.5 Å². The molecule has 3 aromatic heterocycles. The molecule has 2 unspecified atom stereocenters. The molecule has 2 atom stereocenters. The molecule has 190 valence electrons. The number of fused-ring (bicyclic) bond motifs is 2. The minimum atomic E-state index is 0.289. The normalized spacial score (nSPS) is 17.6. The molecule has 0 radical (unpaired) electrons. The maximum absolute atomic E-state index is 13.0. The van der Waals surface area contributed by atoms with Crippen molar-refractivity contribution < 1.29 is 9.53 Å². The second-order valence-electron chi connectivity index (χ2n) is 9.86. The van der Waals surface area contributed by atoms with Crippen LogP contribution in [0.3, 0.4) is 0 Å². The second kappa shape index (κ2) is 10.9. The molecular formula is C28H34N4O2S2. The topological polar surface area (TPSA) is 69.0 Å². The Balaban J connectivity index is 1.47. The average Bonchev–Trinajstić information content (AvgIpc) is 3.54. The van der Waals surface area contributed by atoms with Crippen LogP contribution in [-0.2, 0) is 29.4 Å². The number of carbonyl (C=O) groups is 1. The zero-order chi connectivity index (χ0) is 25.2. The maximum Gasteiger partial charge on any atom is 0.138 e. The molecule has 0 spiro atoms. The summed E-state index contributed by atoms with van der Waals surface area (Å²) in [5, 5.41) is 9.03. The van der Waals surface area contributed by atoms with Crippen molar-refractivity contribution >= 4 is 38.7 Å². The van der Waals surface area contributed by atoms with Crippen molar-refractivity contribution in [3.05, 3.63) is 45.9 Å². The highest BCUT2D eigenvalue weighted by Gasteiger charge is 2.30. The molecule has 0 bridgehead atoms. The van der Waals surface area contributed by atoms with E-state index >= 15 is 0 Å². The van der Waals surface area contributed by atoms with E-state index in [4.69, 9.17) is 9.72 Å². The van der Waals surface area contributed by atoms with Gasteiger partial charge in [0.2, 0.25) is 0 Å². The van der Waals surface area contributed by atoms with Gasteiger partial charge in [0.25, 0.3) is 0 Å². The van der Waals surface area contributed by atoms with Gasteiger partial charge in [0.1, 0.15) is 10.8 Å². The molecule has 0 saturated heterocycles. The fraction of sp³-hybridized carbons (Fsp3) is 0.464. The predicted molar refractivity (Wildman–Crippen MR) is 149 cm³/mol. The first-order valence-electron chi connectivity index (χ1n) is 12.7. The smallest absolute Gasteiger partial charge is 0.138 e. The summed E-state index contributed by atoms with van der Waals surface area (Å²) in [6, 6.07) is 7.15. The highest BCUT2D eigenvalue weighted by atomic mass is 32.1. The lowest BCUT2D eigenvalue weighted by atomic mass is 9.94. The lowest BCUT2D eigenvalue weighted by Gasteiger charge is -2.26. The highest BCUT2D eigenvalue weighted by molar-refractivity contribution is 7.22. The lowest BCUT2D eigenvalue weighted by molar-refractivity contribution is -0.118. The number of thiazole rings is 1. The number of nitrogens with zero attached hydrogens (tertiary/aromatic N) is 3. The summed E-state index contributed by atoms with van der Waals surface area (Å²) in [5.74, 6) is 0.320. The van der Waals surface area contributed by atoms with Crippen LogP contribution in [0.2, 0.25) is 0 Å². The summed E-state index contributed by atoms with van der Waals surface area (Å²) in [5.41, 5.74) is 5.81. The number of aryl methyl sites for hydroxylation is 1. The van der Waals surface area contributed by atoms with Crippen molar-refractivity contribution in [2.45, 2.75) is 64.5 Å². The van der Waals surface area contributed by atoms with Crippen molar-refractivity contribution in [2.24, 2.45) is 7.05 Å². The van der Waals surface area contributed by atoms with Crippen LogP contribution in [0.1, 0.15) is 60.9 Å². The molecule has 0 saturated carbocycles. The van der Waals surface area contributed by atoms with Crippen molar-refractivity contribution in [2.75, 3.05) is 13.7 Å². The largest absolute Gasteiger partial charge is 0.385 e. The van der Waals surface area contributed by atoms with Crippen molar-refractivity contribution in [1.29, 1.82) is 0 Å². The SMILES string of the molecule is COCCCCCC(=O)Cc1sc2c(c1-c1nc3cc(-c4cnn(C)c4)ccc3s1)CC(C)NC2C. The molecule has 36 heavy (non-hydrogen) atoms. The Morgan fingerprint density at radius 3 is 2.83 bits per heavy atom. The van der Waals surface area contributed by atoms with E-state index in [1.54, 1.807) is 18.4 Å². The molecule has 6 nitrogen and oxygen atoms in total. The minimum absolute atomic E-state index is 0.289. The molecule has 8 heteroatoms. The summed E-state index contributed by atoms with van der Waals surface area (Å²) in [6.07, 6.45) is 8.97. The second-order valence-corrected chi connectivity index (χ2v) is 12.0. The molecule has 4 aromatic rings. The standard InChI is InChI=1S/C28H34N4O2S2/c1-17-12-22-26(25(35-27(22)18(2)30-17)14-21(33)8-6-5-7-11-34-4)28-31-23-13-19(9-10-24(23)36-28)20-15-29-32(3)16-20/h9-10,13,15-18,30H,5-8,11-12,14H2,1-4H3. The van der Waals surface area contributed by atoms with Crippen molar-refractivity contribution in [3.8, 4) is 21.7 Å². The first kappa shape index (κ1) is 25.3. The number of ketones is 1. The van der Waals surface area contributed by atoms with Gasteiger partial charge in [0.05, 0.1) is 16.4 Å². The number of unbranched alkanes of at least 4 members (excludes halogenated alkanes) is 2. The number of benzene rings is 1. The maximum atomic E-state index is 13.0. The Kier molecular flexibility index (Phi) is 7.67. The van der Waals surface area contributed by atoms with Crippen molar-refractivity contribution in [3.63, 3.8) is 0 Å². The average molecular weight is 523 g/mol. The number of Topliss-reactive ketones (excluding diaryl/α,β-unsaturated/α-hetero) is 1. The van der Waals surface area contributed by atoms with Gasteiger partial charge in [-0.1, -0.05) is 12.5 Å². The van der Waals surface area contributed by atoms with E-state index in [9.17, 15) is 4.79 Å². The Hall–Kier alpha value is -2.39. The summed E-state index contributed by atoms with van der Waals surface area (Å²) in [7, 11) is 3.66. The summed E-state index contributed by atoms with van der Waals surface area (Å²) >= 11 is 3.54. The number of thiophene rings is 1. The van der Waals surface area contributed by atoms with Crippen LogP contribution < -0.4 is 5.32 Å². The third kappa shape index (κ3) is 5.32. The van der Waals surface area contributed by atoms with E-state index in [0.29, 0.717) is 24.7 Å². The van der Waals surface area contributed by atoms with E-state index in [1.165, 1.54) is 25.6 Å². The van der Waals surface area contributed by atoms with Gasteiger partial charge in [-0.05, 0) is 56.4 Å². The number of hydrogen-bond acceptors (Lipinski definition) is 7. The molecule has 4 heterocycles. The van der Waals surface area contributed by atoms with Gasteiger partial charge in [0.15, 0.2) is 0 Å². The van der Waals surface area contributed by atoms with Crippen molar-refractivity contribution in [1.82, 2.24) is 20.1 Å². The van der Waals surface area contributed by atoms with Gasteiger partial charge in [-0.25, -0.2) is 4.98 Å². The van der Waals surface area contributed by atoms with Crippen LogP contribution in [0.4, 0.5) is 0 Å². The Bertz CT molecular complexity index is 1370. The summed E-state index contributed by atoms with van der Waals surface area (Å²) in [6.45, 7) is 5.23. The monoisotopic (exact) mass is 522 g/mol. The Labute approximate surface area is 220 Å². The highest BCUT2D eigenvalue weighted by Crippen LogP contribution is 2.45. The zero-order valence-electron chi connectivity index (χ0n) is 21.5. The van der Waals surface area contributed by atoms with E-state index in [-0.39, 0.29) is 6.04 Å². The fourth-order valence-corrected chi connectivity index (χ4v) is 7.61. The predicted octanol–water partition coefficient (Wildman–Crippen LogP) is 6.34. The number of methoxy groups -OCH3 is 1. The molecule has 1 aliphatic rings. The molecular weight excluding hydrogens is 488 g/mol. The van der Waals surface area contributed by atoms with Gasteiger partial charge >= 0.3 is 0 Å². The third-order valence-corrected chi connectivity index (χ3v) is 9.32. The van der Waals surface area contributed by atoms with Gasteiger partial charge in [-0.2, -0.15) is 5.10 Å². The number of rotatable bonds is 10. The van der Waals surface area contributed by atoms with Gasteiger partial charge in [-0.15, -0.1) is 22.7 Å². The van der Waals surface area contributed by atoms with Crippen LogP contribution >= 0.6 is 22.7 Å². The van der Waals surface area contributed by atoms with Crippen LogP contribution in [0.25, 0.3) is 31.9 Å². The van der Waals surface area contributed by atoms with Crippen LogP contribution in [0.5, 0.6) is 0 Å². The van der Waals surface area contributed by atoms with Crippen LogP contribution in [0.15, 0.2) is 30.6 Å². The van der Waals surface area contributed by atoms with Crippen LogP contribution in [0, 0.1) is 0 Å². The molecule has 0 amide bonds. The number of nitrogens with one attached hydrogen (secondary N) is 1. The molecule has 1 N–H and O–H groups in total. The van der Waals surface area contributed by atoms with E-state index in [1.807, 2.05) is 35.5 Å². The zero-order valence-corrected chi connectivity index (χ0v) is 23.1. The molecule has 1 aromatic carbocycles. The Morgan fingerprint density at radius 1 is 1.19 bits per heavy atom. The number of aromatic nitrogens is 3. The fourth-order valence-electron chi connectivity index (χ4n) is 5.13. The molecule has 0 fully saturated rings. The van der Waals surface area contributed by atoms with E-state index < -0.39 is 0 Å². The molecule has 0 aliphatic carbocycles. The number of carbonyl (C=O) groups excluding carboxylic acids is 1. The quantitative estimate of drug-likeness (QED) is 0.246. The number of ether oxygens (including phenoxy) is 1. The van der Waals surface area contributed by atoms with Crippen LogP contribution in [-0.4, -0.2) is 40.3 Å². The summed E-state index contributed by atoms with van der Waals surface area (Å²) < 4.78 is 8.12. The number of hydrogen-bond donors (Lipinski definition) is 1. The first-order valence-corrected chi connectivity index (χ1v) is 14.4. The third-order valence-electron chi connectivity index (χ3n) is 6.85. The summed E-state index contributed by atoms with van der Waals surface area (Å²) in [4.78, 5) is 20.7. The lowest BCUT2D eigenvalue weighted by Crippen LogP contribution is -2.35. The van der Waals surface area contributed by atoms with Gasteiger partial charge in [0, 0.05) is 72.8 Å². The minimum Gasteiger partial charge on any atom is -0.385 e. The molecule has 5 rings (SSSR count). The van der Waals surface area contributed by atoms with E-state index in [0.717, 1.165) is 53.9 Å². The first-order chi connectivity index (χ1) is 17.4. The Morgan fingerprint density at radius 2 is 2.06 bits per heavy atom. The molecule has 1 aliphatic heterocycles. The van der Waals surface area contributed by atoms with Gasteiger partial charge in [-0.3, -0.25) is 9.48 Å².